The average molecular weight is 345 g/mol. The van der Waals surface area contributed by atoms with E-state index in [1.54, 1.807) is 13.8 Å². The Morgan fingerprint density at radius 2 is 1.71 bits per heavy atom. The van der Waals surface area contributed by atoms with Gasteiger partial charge in [-0.25, -0.2) is 21.6 Å². The second kappa shape index (κ2) is 6.51. The van der Waals surface area contributed by atoms with Gasteiger partial charge >= 0.3 is 0 Å². The third-order valence-electron chi connectivity index (χ3n) is 3.51. The number of benzene rings is 1. The summed E-state index contributed by atoms with van der Waals surface area (Å²) in [7, 11) is -4.35. The van der Waals surface area contributed by atoms with Crippen LogP contribution in [0.1, 0.15) is 13.8 Å². The van der Waals surface area contributed by atoms with Crippen LogP contribution in [-0.2, 0) is 10.0 Å². The predicted molar refractivity (Wildman–Crippen MR) is 74.4 cm³/mol. The van der Waals surface area contributed by atoms with Gasteiger partial charge in [0, 0.05) is 37.3 Å². The molecule has 0 aromatic heterocycles. The van der Waals surface area contributed by atoms with E-state index >= 15 is 0 Å². The zero-order chi connectivity index (χ0) is 15.1. The zero-order valence-corrected chi connectivity index (χ0v) is 13.1. The number of sulfonamides is 1. The highest BCUT2D eigenvalue weighted by Crippen LogP contribution is 2.26. The molecule has 0 saturated carbocycles. The minimum absolute atomic E-state index is 0. The van der Waals surface area contributed by atoms with Crippen LogP contribution >= 0.6 is 12.4 Å². The molecule has 1 aromatic carbocycles. The lowest BCUT2D eigenvalue weighted by atomic mass is 10.1. The molecule has 1 aliphatic heterocycles. The van der Waals surface area contributed by atoms with Gasteiger partial charge in [0.2, 0.25) is 10.0 Å². The van der Waals surface area contributed by atoms with E-state index in [0.29, 0.717) is 18.7 Å². The van der Waals surface area contributed by atoms with Crippen molar-refractivity contribution >= 4 is 22.4 Å². The van der Waals surface area contributed by atoms with E-state index in [4.69, 9.17) is 0 Å². The Balaban J connectivity index is 0.00000220. The van der Waals surface area contributed by atoms with Crippen LogP contribution in [-0.4, -0.2) is 37.9 Å². The van der Waals surface area contributed by atoms with Gasteiger partial charge < -0.3 is 5.32 Å². The number of hydrogen-bond donors (Lipinski definition) is 1. The highest BCUT2D eigenvalue weighted by Gasteiger charge is 2.37. The maximum Gasteiger partial charge on any atom is 0.249 e. The first-order chi connectivity index (χ1) is 9.25. The van der Waals surface area contributed by atoms with Crippen LogP contribution in [0.2, 0.25) is 0 Å². The van der Waals surface area contributed by atoms with E-state index in [0.717, 1.165) is 4.31 Å². The topological polar surface area (TPSA) is 49.4 Å². The monoisotopic (exact) mass is 344 g/mol. The molecular weight excluding hydrogens is 329 g/mol. The molecule has 0 bridgehead atoms. The van der Waals surface area contributed by atoms with Crippen molar-refractivity contribution in [3.05, 3.63) is 29.6 Å². The lowest BCUT2D eigenvalue weighted by Crippen LogP contribution is -2.57. The van der Waals surface area contributed by atoms with Crippen LogP contribution in [0.5, 0.6) is 0 Å². The number of nitrogens with zero attached hydrogens (tertiary/aromatic N) is 1. The van der Waals surface area contributed by atoms with Gasteiger partial charge in [-0.2, -0.15) is 4.31 Å². The van der Waals surface area contributed by atoms with E-state index in [1.807, 2.05) is 0 Å². The minimum atomic E-state index is -4.35. The third-order valence-corrected chi connectivity index (χ3v) is 5.54. The van der Waals surface area contributed by atoms with Gasteiger partial charge in [0.25, 0.3) is 0 Å². The first kappa shape index (κ1) is 18.2. The number of nitrogens with one attached hydrogen (secondary N) is 1. The summed E-state index contributed by atoms with van der Waals surface area (Å²) in [6.07, 6.45) is 0. The van der Waals surface area contributed by atoms with Gasteiger partial charge in [-0.05, 0) is 13.8 Å². The maximum atomic E-state index is 13.7. The molecular formula is C12H16ClF3N2O2S. The molecule has 2 rings (SSSR count). The van der Waals surface area contributed by atoms with Crippen molar-refractivity contribution in [1.82, 2.24) is 9.62 Å². The summed E-state index contributed by atoms with van der Waals surface area (Å²) >= 11 is 0. The van der Waals surface area contributed by atoms with Crippen molar-refractivity contribution in [1.29, 1.82) is 0 Å². The standard InChI is InChI=1S/C12H15F3N2O2S.ClH/c1-7-8(2)17(4-3-16-7)20(18,19)12-10(14)5-9(13)6-11(12)15;/h5-8,16H,3-4H2,1-2H3;1H. The zero-order valence-electron chi connectivity index (χ0n) is 11.4. The smallest absolute Gasteiger partial charge is 0.249 e. The second-order valence-electron chi connectivity index (χ2n) is 4.80. The van der Waals surface area contributed by atoms with Crippen molar-refractivity contribution in [3.63, 3.8) is 0 Å². The predicted octanol–water partition coefficient (Wildman–Crippen LogP) is 1.90. The molecule has 0 amide bonds. The highest BCUT2D eigenvalue weighted by atomic mass is 35.5. The first-order valence-electron chi connectivity index (χ1n) is 6.15. The fraction of sp³-hybridized carbons (Fsp3) is 0.500. The van der Waals surface area contributed by atoms with E-state index in [2.05, 4.69) is 5.32 Å². The van der Waals surface area contributed by atoms with Crippen LogP contribution in [0.25, 0.3) is 0 Å². The summed E-state index contributed by atoms with van der Waals surface area (Å²) in [5.74, 6) is -3.98. The van der Waals surface area contributed by atoms with Gasteiger partial charge in [0.1, 0.15) is 17.5 Å². The van der Waals surface area contributed by atoms with Crippen LogP contribution in [0.15, 0.2) is 17.0 Å². The highest BCUT2D eigenvalue weighted by molar-refractivity contribution is 7.89. The SMILES string of the molecule is CC1NCCN(S(=O)(=O)c2c(F)cc(F)cc2F)C1C.Cl. The molecule has 4 nitrogen and oxygen atoms in total. The Morgan fingerprint density at radius 1 is 1.19 bits per heavy atom. The van der Waals surface area contributed by atoms with Crippen molar-refractivity contribution in [3.8, 4) is 0 Å². The van der Waals surface area contributed by atoms with Crippen LogP contribution in [0.4, 0.5) is 13.2 Å². The van der Waals surface area contributed by atoms with Crippen LogP contribution in [0.3, 0.4) is 0 Å². The molecule has 120 valence electrons. The van der Waals surface area contributed by atoms with Gasteiger partial charge in [-0.15, -0.1) is 12.4 Å². The lowest BCUT2D eigenvalue weighted by molar-refractivity contribution is 0.231. The molecule has 9 heteroatoms. The van der Waals surface area contributed by atoms with Crippen LogP contribution < -0.4 is 5.32 Å². The Kier molecular flexibility index (Phi) is 5.65. The molecule has 0 radical (unpaired) electrons. The largest absolute Gasteiger partial charge is 0.311 e. The molecule has 1 N–H and O–H groups in total. The van der Waals surface area contributed by atoms with Gasteiger partial charge in [-0.1, -0.05) is 0 Å². The van der Waals surface area contributed by atoms with Gasteiger partial charge in [0.05, 0.1) is 0 Å². The molecule has 1 saturated heterocycles. The molecule has 2 atom stereocenters. The number of hydrogen-bond acceptors (Lipinski definition) is 3. The second-order valence-corrected chi connectivity index (χ2v) is 6.63. The summed E-state index contributed by atoms with van der Waals surface area (Å²) in [4.78, 5) is -1.10. The fourth-order valence-corrected chi connectivity index (χ4v) is 4.05. The summed E-state index contributed by atoms with van der Waals surface area (Å²) in [6.45, 7) is 3.91. The minimum Gasteiger partial charge on any atom is -0.311 e. The summed E-state index contributed by atoms with van der Waals surface area (Å²) in [5.41, 5.74) is 0. The Morgan fingerprint density at radius 3 is 2.24 bits per heavy atom. The Labute approximate surface area is 127 Å². The van der Waals surface area contributed by atoms with Crippen molar-refractivity contribution in [2.45, 2.75) is 30.8 Å². The molecule has 1 fully saturated rings. The molecule has 0 spiro atoms. The Bertz CT molecular complexity index is 604. The number of rotatable bonds is 2. The fourth-order valence-electron chi connectivity index (χ4n) is 2.26. The molecule has 2 unspecified atom stereocenters. The Hall–Kier alpha value is -0.830. The normalized spacial score (nSPS) is 23.7. The van der Waals surface area contributed by atoms with Crippen molar-refractivity contribution in [2.75, 3.05) is 13.1 Å². The van der Waals surface area contributed by atoms with Crippen molar-refractivity contribution < 1.29 is 21.6 Å². The van der Waals surface area contributed by atoms with E-state index in [-0.39, 0.29) is 25.0 Å². The van der Waals surface area contributed by atoms with E-state index < -0.39 is 38.4 Å². The van der Waals surface area contributed by atoms with Gasteiger partial charge in [-0.3, -0.25) is 0 Å². The summed E-state index contributed by atoms with van der Waals surface area (Å²) in [6, 6.07) is 0.126. The first-order valence-corrected chi connectivity index (χ1v) is 7.59. The molecule has 1 aromatic rings. The average Bonchev–Trinajstić information content (AvgIpc) is 2.30. The third kappa shape index (κ3) is 3.33. The van der Waals surface area contributed by atoms with Crippen LogP contribution in [0, 0.1) is 17.5 Å². The van der Waals surface area contributed by atoms with E-state index in [1.165, 1.54) is 0 Å². The van der Waals surface area contributed by atoms with Crippen molar-refractivity contribution in [2.24, 2.45) is 0 Å². The maximum absolute atomic E-state index is 13.7. The number of halogens is 4. The lowest BCUT2D eigenvalue weighted by Gasteiger charge is -2.37. The number of piperazine rings is 1. The van der Waals surface area contributed by atoms with Gasteiger partial charge in [0.15, 0.2) is 4.90 Å². The quantitative estimate of drug-likeness (QED) is 0.891. The molecule has 21 heavy (non-hydrogen) atoms. The summed E-state index contributed by atoms with van der Waals surface area (Å²) in [5, 5.41) is 3.07. The summed E-state index contributed by atoms with van der Waals surface area (Å²) < 4.78 is 66.1. The van der Waals surface area contributed by atoms with E-state index in [9.17, 15) is 21.6 Å². The molecule has 1 aliphatic rings. The molecule has 1 heterocycles. The molecule has 0 aliphatic carbocycles.